The Bertz CT molecular complexity index is 1360. The lowest BCUT2D eigenvalue weighted by Crippen LogP contribution is -2.58. The molecule has 1 spiro atoms. The molecule has 0 radical (unpaired) electrons. The van der Waals surface area contributed by atoms with Crippen LogP contribution in [0.1, 0.15) is 30.4 Å². The molecule has 0 amide bonds. The van der Waals surface area contributed by atoms with E-state index in [0.29, 0.717) is 17.0 Å². The van der Waals surface area contributed by atoms with Crippen LogP contribution >= 0.6 is 0 Å². The lowest BCUT2D eigenvalue weighted by Gasteiger charge is -2.52. The van der Waals surface area contributed by atoms with Gasteiger partial charge in [-0.1, -0.05) is 18.2 Å². The number of aromatic nitrogens is 4. The van der Waals surface area contributed by atoms with Gasteiger partial charge in [0, 0.05) is 61.6 Å². The summed E-state index contributed by atoms with van der Waals surface area (Å²) in [6.45, 7) is 3.49. The fraction of sp³-hybridized carbons (Fsp3) is 0.375. The summed E-state index contributed by atoms with van der Waals surface area (Å²) in [5.74, 6) is 0.915. The summed E-state index contributed by atoms with van der Waals surface area (Å²) in [5.41, 5.74) is 0.647. The molecule has 3 aromatic heterocycles. The van der Waals surface area contributed by atoms with E-state index >= 15 is 0 Å². The highest BCUT2D eigenvalue weighted by Crippen LogP contribution is 2.42. The van der Waals surface area contributed by atoms with Gasteiger partial charge in [0.15, 0.2) is 0 Å². The first kappa shape index (κ1) is 21.2. The van der Waals surface area contributed by atoms with Gasteiger partial charge < -0.3 is 15.0 Å². The number of imidazole rings is 1. The second kappa shape index (κ2) is 8.12. The van der Waals surface area contributed by atoms with Crippen LogP contribution in [0.4, 0.5) is 24.8 Å². The van der Waals surface area contributed by atoms with Crippen LogP contribution < -0.4 is 10.2 Å². The average Bonchev–Trinajstić information content (AvgIpc) is 3.30. The highest BCUT2D eigenvalue weighted by atomic mass is 19.3. The number of pyridine rings is 1. The van der Waals surface area contributed by atoms with Crippen molar-refractivity contribution in [2.24, 2.45) is 5.41 Å². The van der Waals surface area contributed by atoms with Crippen molar-refractivity contribution in [3.05, 3.63) is 59.8 Å². The van der Waals surface area contributed by atoms with E-state index in [0.717, 1.165) is 61.9 Å². The maximum absolute atomic E-state index is 14.6. The standard InChI is InChI=1S/C24H23F3N6O/c25-20-15(2-1-3-16(20)21(26)27)11-30-22-17-10-19(32-13-24(14-32)4-8-34-9-5-24)29-12-18(17)33-7-6-28-23(33)31-22/h1-3,6-7,10,12,21H,4-5,8-9,11,13-14H2,(H,28,30,31). The number of fused-ring (bicyclic) bond motifs is 3. The van der Waals surface area contributed by atoms with Crippen molar-refractivity contribution in [2.75, 3.05) is 36.5 Å². The Labute approximate surface area is 193 Å². The monoisotopic (exact) mass is 468 g/mol. The molecule has 0 atom stereocenters. The van der Waals surface area contributed by atoms with E-state index in [1.54, 1.807) is 12.4 Å². The Morgan fingerprint density at radius 3 is 2.76 bits per heavy atom. The van der Waals surface area contributed by atoms with Gasteiger partial charge in [-0.05, 0) is 18.9 Å². The summed E-state index contributed by atoms with van der Waals surface area (Å²) in [6.07, 6.45) is 4.50. The van der Waals surface area contributed by atoms with Gasteiger partial charge in [-0.3, -0.25) is 4.40 Å². The minimum Gasteiger partial charge on any atom is -0.381 e. The maximum atomic E-state index is 14.6. The van der Waals surface area contributed by atoms with Crippen molar-refractivity contribution >= 4 is 28.3 Å². The second-order valence-corrected chi connectivity index (χ2v) is 9.06. The zero-order valence-corrected chi connectivity index (χ0v) is 18.3. The van der Waals surface area contributed by atoms with Gasteiger partial charge in [-0.2, -0.15) is 4.98 Å². The van der Waals surface area contributed by atoms with Crippen LogP contribution in [0.5, 0.6) is 0 Å². The van der Waals surface area contributed by atoms with Crippen LogP contribution in [0.2, 0.25) is 0 Å². The van der Waals surface area contributed by atoms with Crippen molar-refractivity contribution in [3.8, 4) is 0 Å². The smallest absolute Gasteiger partial charge is 0.266 e. The highest BCUT2D eigenvalue weighted by Gasteiger charge is 2.44. The van der Waals surface area contributed by atoms with Crippen LogP contribution in [0.3, 0.4) is 0 Å². The summed E-state index contributed by atoms with van der Waals surface area (Å²) in [5, 5.41) is 3.94. The number of ether oxygens (including phenoxy) is 1. The van der Waals surface area contributed by atoms with Gasteiger partial charge in [0.1, 0.15) is 17.5 Å². The predicted octanol–water partition coefficient (Wildman–Crippen LogP) is 4.58. The topological polar surface area (TPSA) is 67.6 Å². The first-order valence-electron chi connectivity index (χ1n) is 11.3. The Balaban J connectivity index is 1.33. The van der Waals surface area contributed by atoms with Crippen molar-refractivity contribution in [3.63, 3.8) is 0 Å². The van der Waals surface area contributed by atoms with Gasteiger partial charge in [0.2, 0.25) is 5.78 Å². The molecule has 0 unspecified atom stereocenters. The number of nitrogens with one attached hydrogen (secondary N) is 1. The molecule has 34 heavy (non-hydrogen) atoms. The molecular weight excluding hydrogens is 445 g/mol. The summed E-state index contributed by atoms with van der Waals surface area (Å²) < 4.78 is 48.1. The van der Waals surface area contributed by atoms with E-state index in [9.17, 15) is 13.2 Å². The molecule has 6 rings (SSSR count). The molecule has 0 aliphatic carbocycles. The molecule has 2 fully saturated rings. The van der Waals surface area contributed by atoms with E-state index < -0.39 is 17.8 Å². The first-order chi connectivity index (χ1) is 16.5. The molecule has 2 aliphatic rings. The highest BCUT2D eigenvalue weighted by molar-refractivity contribution is 5.92. The molecule has 2 aliphatic heterocycles. The van der Waals surface area contributed by atoms with Crippen molar-refractivity contribution < 1.29 is 17.9 Å². The first-order valence-corrected chi connectivity index (χ1v) is 11.3. The molecule has 1 N–H and O–H groups in total. The number of hydrogen-bond donors (Lipinski definition) is 1. The van der Waals surface area contributed by atoms with Crippen LogP contribution in [-0.4, -0.2) is 45.7 Å². The molecule has 2 saturated heterocycles. The maximum Gasteiger partial charge on any atom is 0.266 e. The molecule has 4 aromatic rings. The molecule has 0 bridgehead atoms. The number of benzene rings is 1. The number of nitrogens with zero attached hydrogens (tertiary/aromatic N) is 5. The molecule has 7 nitrogen and oxygen atoms in total. The number of alkyl halides is 2. The van der Waals surface area contributed by atoms with Gasteiger partial charge in [0.25, 0.3) is 6.43 Å². The molecule has 1 aromatic carbocycles. The summed E-state index contributed by atoms with van der Waals surface area (Å²) in [4.78, 5) is 15.8. The Morgan fingerprint density at radius 2 is 1.97 bits per heavy atom. The number of anilines is 2. The average molecular weight is 468 g/mol. The van der Waals surface area contributed by atoms with E-state index in [-0.39, 0.29) is 12.1 Å². The van der Waals surface area contributed by atoms with Gasteiger partial charge in [0.05, 0.1) is 17.3 Å². The molecule has 176 valence electrons. The van der Waals surface area contributed by atoms with E-state index in [1.165, 1.54) is 12.1 Å². The van der Waals surface area contributed by atoms with Crippen molar-refractivity contribution in [1.29, 1.82) is 0 Å². The third-order valence-corrected chi connectivity index (χ3v) is 6.94. The largest absolute Gasteiger partial charge is 0.381 e. The number of halogens is 3. The predicted molar refractivity (Wildman–Crippen MR) is 122 cm³/mol. The fourth-order valence-corrected chi connectivity index (χ4v) is 4.98. The normalized spacial score (nSPS) is 17.6. The van der Waals surface area contributed by atoms with Crippen molar-refractivity contribution in [2.45, 2.75) is 25.8 Å². The molecule has 5 heterocycles. The van der Waals surface area contributed by atoms with Crippen LogP contribution in [0.15, 0.2) is 42.9 Å². The second-order valence-electron chi connectivity index (χ2n) is 9.06. The van der Waals surface area contributed by atoms with E-state index in [1.807, 2.05) is 16.7 Å². The lowest BCUT2D eigenvalue weighted by atomic mass is 9.73. The van der Waals surface area contributed by atoms with E-state index in [2.05, 4.69) is 25.2 Å². The Kier molecular flexibility index (Phi) is 5.05. The molecular formula is C24H23F3N6O. The van der Waals surface area contributed by atoms with E-state index in [4.69, 9.17) is 4.74 Å². The van der Waals surface area contributed by atoms with Crippen LogP contribution in [0.25, 0.3) is 16.7 Å². The molecule has 0 saturated carbocycles. The van der Waals surface area contributed by atoms with Gasteiger partial charge in [-0.15, -0.1) is 0 Å². The SMILES string of the molecule is Fc1c(CNc2nc3nccn3c3cnc(N4CC5(CCOCC5)C4)cc23)cccc1C(F)F. The quantitative estimate of drug-likeness (QED) is 0.463. The fourth-order valence-electron chi connectivity index (χ4n) is 4.98. The summed E-state index contributed by atoms with van der Waals surface area (Å²) in [7, 11) is 0. The van der Waals surface area contributed by atoms with Gasteiger partial charge >= 0.3 is 0 Å². The lowest BCUT2D eigenvalue weighted by molar-refractivity contribution is -0.000443. The van der Waals surface area contributed by atoms with Gasteiger partial charge in [-0.25, -0.2) is 23.1 Å². The third kappa shape index (κ3) is 3.53. The minimum atomic E-state index is -2.87. The minimum absolute atomic E-state index is 0.00978. The number of hydrogen-bond acceptors (Lipinski definition) is 6. The van der Waals surface area contributed by atoms with Crippen LogP contribution in [0, 0.1) is 11.2 Å². The molecule has 10 heteroatoms. The Hall–Kier alpha value is -3.40. The van der Waals surface area contributed by atoms with Crippen molar-refractivity contribution in [1.82, 2.24) is 19.4 Å². The Morgan fingerprint density at radius 1 is 1.15 bits per heavy atom. The zero-order valence-electron chi connectivity index (χ0n) is 18.3. The zero-order chi connectivity index (χ0) is 23.3. The summed E-state index contributed by atoms with van der Waals surface area (Å²) >= 11 is 0. The third-order valence-electron chi connectivity index (χ3n) is 6.94. The number of rotatable bonds is 5. The van der Waals surface area contributed by atoms with Crippen LogP contribution in [-0.2, 0) is 11.3 Å². The summed E-state index contributed by atoms with van der Waals surface area (Å²) in [6, 6.07) is 6.00.